The van der Waals surface area contributed by atoms with E-state index < -0.39 is 0 Å². The Morgan fingerprint density at radius 3 is 2.11 bits per heavy atom. The van der Waals surface area contributed by atoms with Crippen LogP contribution in [-0.2, 0) is 21.1 Å². The molecule has 6 nitrogen and oxygen atoms in total. The number of phenols is 1. The van der Waals surface area contributed by atoms with Gasteiger partial charge >= 0.3 is 0 Å². The molecule has 0 saturated heterocycles. The summed E-state index contributed by atoms with van der Waals surface area (Å²) in [5.41, 5.74) is 7.26. The summed E-state index contributed by atoms with van der Waals surface area (Å²) in [6.45, 7) is 6.22. The number of pyridine rings is 1. The van der Waals surface area contributed by atoms with E-state index >= 15 is 0 Å². The summed E-state index contributed by atoms with van der Waals surface area (Å²) in [6.07, 6.45) is 1.79. The second kappa shape index (κ2) is 13.0. The molecule has 7 rings (SSSR count). The zero-order valence-electron chi connectivity index (χ0n) is 25.5. The van der Waals surface area contributed by atoms with Crippen molar-refractivity contribution >= 4 is 28.0 Å². The fourth-order valence-electron chi connectivity index (χ4n) is 5.91. The summed E-state index contributed by atoms with van der Waals surface area (Å²) in [5, 5.41) is 13.0. The molecule has 0 aliphatic carbocycles. The van der Waals surface area contributed by atoms with E-state index in [4.69, 9.17) is 19.9 Å². The number of phenolic OH excluding ortho intramolecular Hbond substituents is 1. The van der Waals surface area contributed by atoms with Crippen LogP contribution in [0.15, 0.2) is 121 Å². The Kier molecular flexibility index (Phi) is 8.74. The Balaban J connectivity index is 0.00000372. The van der Waals surface area contributed by atoms with Gasteiger partial charge in [0.1, 0.15) is 11.6 Å². The Morgan fingerprint density at radius 2 is 1.33 bits per heavy atom. The van der Waals surface area contributed by atoms with Crippen LogP contribution in [0.2, 0.25) is 0 Å². The van der Waals surface area contributed by atoms with Gasteiger partial charge in [0.2, 0.25) is 0 Å². The second-order valence-corrected chi connectivity index (χ2v) is 11.1. The van der Waals surface area contributed by atoms with Crippen molar-refractivity contribution in [3.63, 3.8) is 0 Å². The molecule has 0 aliphatic heterocycles. The van der Waals surface area contributed by atoms with Crippen molar-refractivity contribution < 1.29 is 26.2 Å². The van der Waals surface area contributed by atoms with Gasteiger partial charge in [-0.15, -0.1) is 29.8 Å². The third-order valence-electron chi connectivity index (χ3n) is 7.83. The number of aryl methyl sites for hydroxylation is 3. The molecular formula is C39H30N5OPt-. The van der Waals surface area contributed by atoms with Crippen LogP contribution in [0.1, 0.15) is 16.7 Å². The first-order valence-electron chi connectivity index (χ1n) is 14.8. The number of fused-ring (bicyclic) bond motifs is 1. The molecule has 228 valence electrons. The second-order valence-electron chi connectivity index (χ2n) is 11.1. The minimum absolute atomic E-state index is 0. The van der Waals surface area contributed by atoms with Crippen LogP contribution in [0.5, 0.6) is 5.75 Å². The Bertz CT molecular complexity index is 2160. The standard InChI is InChI=1S/C39H30N5O.Pt/c1-25-22-26(2)36(27(3)23-25)39-42-37(41-38(43-39)32-17-6-7-19-34(32)45)29-14-10-15-30(24-29)44(35-20-8-9-21-40-35)33-18-11-13-28-12-4-5-16-31(28)33;/h4-23,45H,1-3H3;/q-1;. The van der Waals surface area contributed by atoms with E-state index in [0.29, 0.717) is 28.6 Å². The molecule has 2 heterocycles. The molecule has 0 bridgehead atoms. The maximum absolute atomic E-state index is 10.8. The molecule has 0 fully saturated rings. The van der Waals surface area contributed by atoms with Crippen molar-refractivity contribution in [1.29, 1.82) is 0 Å². The van der Waals surface area contributed by atoms with Crippen LogP contribution in [0.3, 0.4) is 0 Å². The maximum atomic E-state index is 10.8. The van der Waals surface area contributed by atoms with Gasteiger partial charge < -0.3 is 10.0 Å². The smallest absolute Gasteiger partial charge is 0.158 e. The van der Waals surface area contributed by atoms with Gasteiger partial charge in [-0.25, -0.2) is 9.97 Å². The van der Waals surface area contributed by atoms with Gasteiger partial charge in [0, 0.05) is 38.2 Å². The number of anilines is 3. The number of nitrogens with zero attached hydrogens (tertiary/aromatic N) is 5. The zero-order chi connectivity index (χ0) is 30.9. The number of hydrogen-bond acceptors (Lipinski definition) is 6. The quantitative estimate of drug-likeness (QED) is 0.170. The Labute approximate surface area is 282 Å². The SMILES string of the molecule is Cc1cc(C)c(-c2nc(-c3[c-]c(N(c4ccccn4)c4cccc5ccccc45)ccc3)nc(-c3ccccc3O)n2)c(C)c1.[Pt]. The number of aromatic nitrogens is 4. The van der Waals surface area contributed by atoms with Crippen molar-refractivity contribution in [2.24, 2.45) is 0 Å². The van der Waals surface area contributed by atoms with Crippen LogP contribution in [0.25, 0.3) is 44.9 Å². The fourth-order valence-corrected chi connectivity index (χ4v) is 5.91. The number of para-hydroxylation sites is 1. The summed E-state index contributed by atoms with van der Waals surface area (Å²) < 4.78 is 0. The number of aromatic hydroxyl groups is 1. The van der Waals surface area contributed by atoms with Crippen LogP contribution >= 0.6 is 0 Å². The van der Waals surface area contributed by atoms with Gasteiger partial charge in [-0.3, -0.25) is 9.97 Å². The average Bonchev–Trinajstić information content (AvgIpc) is 3.05. The monoisotopic (exact) mass is 779 g/mol. The molecular weight excluding hydrogens is 750 g/mol. The number of rotatable bonds is 6. The van der Waals surface area contributed by atoms with Gasteiger partial charge in [0.15, 0.2) is 11.6 Å². The molecule has 5 aromatic carbocycles. The molecule has 7 aromatic rings. The first kappa shape index (κ1) is 30.8. The average molecular weight is 780 g/mol. The first-order chi connectivity index (χ1) is 22.0. The van der Waals surface area contributed by atoms with Crippen LogP contribution in [0.4, 0.5) is 17.2 Å². The molecule has 0 unspecified atom stereocenters. The van der Waals surface area contributed by atoms with Crippen molar-refractivity contribution in [3.8, 4) is 39.9 Å². The van der Waals surface area contributed by atoms with Gasteiger partial charge in [-0.05, 0) is 73.3 Å². The van der Waals surface area contributed by atoms with E-state index in [1.165, 1.54) is 5.56 Å². The maximum Gasteiger partial charge on any atom is 0.158 e. The van der Waals surface area contributed by atoms with E-state index in [2.05, 4.69) is 74.2 Å². The fraction of sp³-hybridized carbons (Fsp3) is 0.0769. The number of hydrogen-bond donors (Lipinski definition) is 1. The van der Waals surface area contributed by atoms with Gasteiger partial charge in [0.25, 0.3) is 0 Å². The first-order valence-corrected chi connectivity index (χ1v) is 14.8. The molecule has 0 radical (unpaired) electrons. The summed E-state index contributed by atoms with van der Waals surface area (Å²) in [5.74, 6) is 2.26. The minimum Gasteiger partial charge on any atom is -0.507 e. The number of benzene rings is 5. The molecule has 0 aliphatic rings. The van der Waals surface area contributed by atoms with E-state index in [-0.39, 0.29) is 26.8 Å². The van der Waals surface area contributed by atoms with Crippen LogP contribution in [0, 0.1) is 26.8 Å². The largest absolute Gasteiger partial charge is 0.507 e. The van der Waals surface area contributed by atoms with Gasteiger partial charge in [0.05, 0.1) is 17.1 Å². The summed E-state index contributed by atoms with van der Waals surface area (Å²) >= 11 is 0. The van der Waals surface area contributed by atoms with E-state index in [9.17, 15) is 5.11 Å². The van der Waals surface area contributed by atoms with Crippen molar-refractivity contribution in [2.75, 3.05) is 4.90 Å². The van der Waals surface area contributed by atoms with E-state index in [1.807, 2.05) is 60.7 Å². The molecule has 0 spiro atoms. The predicted octanol–water partition coefficient (Wildman–Crippen LogP) is 9.32. The molecule has 0 saturated carbocycles. The van der Waals surface area contributed by atoms with E-state index in [1.54, 1.807) is 18.3 Å². The molecule has 2 aromatic heterocycles. The van der Waals surface area contributed by atoms with Crippen molar-refractivity contribution in [3.05, 3.63) is 144 Å². The van der Waals surface area contributed by atoms with Crippen molar-refractivity contribution in [2.45, 2.75) is 20.8 Å². The van der Waals surface area contributed by atoms with Crippen LogP contribution in [-0.4, -0.2) is 25.0 Å². The Morgan fingerprint density at radius 1 is 0.652 bits per heavy atom. The summed E-state index contributed by atoms with van der Waals surface area (Å²) in [4.78, 5) is 21.6. The topological polar surface area (TPSA) is 75.0 Å². The molecule has 46 heavy (non-hydrogen) atoms. The molecule has 0 amide bonds. The Hall–Kier alpha value is -5.19. The van der Waals surface area contributed by atoms with E-state index in [0.717, 1.165) is 44.7 Å². The molecule has 1 N–H and O–H groups in total. The molecule has 0 atom stereocenters. The third-order valence-corrected chi connectivity index (χ3v) is 7.83. The predicted molar refractivity (Wildman–Crippen MR) is 181 cm³/mol. The summed E-state index contributed by atoms with van der Waals surface area (Å²) in [6, 6.07) is 41.4. The normalized spacial score (nSPS) is 10.8. The zero-order valence-corrected chi connectivity index (χ0v) is 27.8. The van der Waals surface area contributed by atoms with Crippen LogP contribution < -0.4 is 4.90 Å². The summed E-state index contributed by atoms with van der Waals surface area (Å²) in [7, 11) is 0. The van der Waals surface area contributed by atoms with Gasteiger partial charge in [-0.2, -0.15) is 0 Å². The van der Waals surface area contributed by atoms with Crippen molar-refractivity contribution in [1.82, 2.24) is 19.9 Å². The van der Waals surface area contributed by atoms with Gasteiger partial charge in [-0.1, -0.05) is 72.3 Å². The minimum atomic E-state index is 0. The molecule has 7 heteroatoms. The third kappa shape index (κ3) is 5.92.